The van der Waals surface area contributed by atoms with E-state index in [2.05, 4.69) is 0 Å². The monoisotopic (exact) mass is 336 g/mol. The molecule has 1 unspecified atom stereocenters. The fraction of sp³-hybridized carbons (Fsp3) is 0.412. The molecule has 0 bridgehead atoms. The van der Waals surface area contributed by atoms with Crippen LogP contribution in [0.25, 0.3) is 0 Å². The van der Waals surface area contributed by atoms with Crippen LogP contribution in [0.2, 0.25) is 5.02 Å². The number of carbonyl (C=O) groups excluding carboxylic acids is 2. The second-order valence-electron chi connectivity index (χ2n) is 6.08. The number of nitrogens with zero attached hydrogens (tertiary/aromatic N) is 2. The Bertz CT molecular complexity index is 694. The van der Waals surface area contributed by atoms with Crippen molar-refractivity contribution in [1.82, 2.24) is 10.0 Å². The number of rotatable bonds is 2. The van der Waals surface area contributed by atoms with Gasteiger partial charge in [-0.05, 0) is 25.0 Å². The van der Waals surface area contributed by atoms with E-state index in [0.29, 0.717) is 30.5 Å². The van der Waals surface area contributed by atoms with Crippen molar-refractivity contribution in [2.24, 2.45) is 0 Å². The third-order valence-corrected chi connectivity index (χ3v) is 4.73. The van der Waals surface area contributed by atoms with Crippen LogP contribution in [0.3, 0.4) is 0 Å². The predicted octanol–water partition coefficient (Wildman–Crippen LogP) is 3.28. The highest BCUT2D eigenvalue weighted by Gasteiger charge is 2.41. The van der Waals surface area contributed by atoms with Gasteiger partial charge in [-0.25, -0.2) is 14.4 Å². The standard InChI is InChI=1S/C17H18ClFN2O2/c1-20(2)21-13-7-4-8-14(22)17(13)10(9-15(21)23)16-11(18)5-3-6-12(16)19/h3,5-6,10H,4,7-9H2,1-2H3. The summed E-state index contributed by atoms with van der Waals surface area (Å²) in [6.07, 6.45) is 1.81. The maximum Gasteiger partial charge on any atom is 0.242 e. The highest BCUT2D eigenvalue weighted by Crippen LogP contribution is 2.44. The first-order chi connectivity index (χ1) is 10.9. The first-order valence-electron chi connectivity index (χ1n) is 7.62. The van der Waals surface area contributed by atoms with Crippen LogP contribution >= 0.6 is 11.6 Å². The molecule has 1 atom stereocenters. The lowest BCUT2D eigenvalue weighted by atomic mass is 9.77. The Balaban J connectivity index is 2.20. The molecular weight excluding hydrogens is 319 g/mol. The first-order valence-corrected chi connectivity index (χ1v) is 8.00. The van der Waals surface area contributed by atoms with Gasteiger partial charge in [-0.2, -0.15) is 0 Å². The van der Waals surface area contributed by atoms with Crippen LogP contribution in [-0.2, 0) is 9.59 Å². The highest BCUT2D eigenvalue weighted by atomic mass is 35.5. The van der Waals surface area contributed by atoms with Crippen molar-refractivity contribution in [1.29, 1.82) is 0 Å². The average Bonchev–Trinajstić information content (AvgIpc) is 2.46. The van der Waals surface area contributed by atoms with Gasteiger partial charge in [0.05, 0.1) is 0 Å². The average molecular weight is 337 g/mol. The van der Waals surface area contributed by atoms with Crippen LogP contribution in [0.1, 0.15) is 37.2 Å². The summed E-state index contributed by atoms with van der Waals surface area (Å²) in [5.74, 6) is -1.24. The smallest absolute Gasteiger partial charge is 0.242 e. The summed E-state index contributed by atoms with van der Waals surface area (Å²) in [6, 6.07) is 4.43. The second kappa shape index (κ2) is 6.06. The minimum Gasteiger partial charge on any atom is -0.294 e. The molecule has 6 heteroatoms. The molecule has 2 aliphatic rings. The van der Waals surface area contributed by atoms with Gasteiger partial charge in [-0.3, -0.25) is 9.59 Å². The molecule has 0 aromatic heterocycles. The van der Waals surface area contributed by atoms with Gasteiger partial charge >= 0.3 is 0 Å². The summed E-state index contributed by atoms with van der Waals surface area (Å²) >= 11 is 6.18. The number of carbonyl (C=O) groups is 2. The number of benzene rings is 1. The normalized spacial score (nSPS) is 22.0. The van der Waals surface area contributed by atoms with Crippen LogP contribution in [0.15, 0.2) is 29.5 Å². The quantitative estimate of drug-likeness (QED) is 0.832. The number of hydrogen-bond donors (Lipinski definition) is 0. The van der Waals surface area contributed by atoms with E-state index in [1.54, 1.807) is 25.2 Å². The Labute approximate surface area is 139 Å². The van der Waals surface area contributed by atoms with E-state index in [1.165, 1.54) is 17.1 Å². The van der Waals surface area contributed by atoms with Gasteiger partial charge in [0.25, 0.3) is 0 Å². The molecule has 1 heterocycles. The summed E-state index contributed by atoms with van der Waals surface area (Å²) in [4.78, 5) is 25.1. The largest absolute Gasteiger partial charge is 0.294 e. The van der Waals surface area contributed by atoms with Crippen LogP contribution in [0, 0.1) is 5.82 Å². The molecule has 0 N–H and O–H groups in total. The molecule has 0 saturated heterocycles. The summed E-state index contributed by atoms with van der Waals surface area (Å²) in [5, 5.41) is 3.47. The van der Waals surface area contributed by atoms with Gasteiger partial charge in [0, 0.05) is 54.7 Å². The number of hydrazine groups is 1. The van der Waals surface area contributed by atoms with Crippen molar-refractivity contribution in [2.75, 3.05) is 14.1 Å². The molecule has 1 aromatic carbocycles. The van der Waals surface area contributed by atoms with Crippen molar-refractivity contribution in [3.63, 3.8) is 0 Å². The number of allylic oxidation sites excluding steroid dienone is 2. The van der Waals surface area contributed by atoms with Crippen molar-refractivity contribution < 1.29 is 14.0 Å². The zero-order chi connectivity index (χ0) is 16.7. The van der Waals surface area contributed by atoms with Crippen LogP contribution in [-0.4, -0.2) is 35.8 Å². The number of hydrogen-bond acceptors (Lipinski definition) is 3. The van der Waals surface area contributed by atoms with E-state index in [1.807, 2.05) is 0 Å². The Morgan fingerprint density at radius 1 is 1.26 bits per heavy atom. The maximum atomic E-state index is 14.3. The molecule has 0 fully saturated rings. The number of halogens is 2. The topological polar surface area (TPSA) is 40.6 Å². The molecule has 1 aliphatic heterocycles. The lowest BCUT2D eigenvalue weighted by Crippen LogP contribution is -2.47. The summed E-state index contributed by atoms with van der Waals surface area (Å²) < 4.78 is 14.3. The zero-order valence-electron chi connectivity index (χ0n) is 13.1. The minimum atomic E-state index is -0.602. The minimum absolute atomic E-state index is 0.0186. The molecule has 1 aliphatic carbocycles. The molecule has 23 heavy (non-hydrogen) atoms. The fourth-order valence-corrected chi connectivity index (χ4v) is 3.82. The lowest BCUT2D eigenvalue weighted by Gasteiger charge is -2.41. The summed E-state index contributed by atoms with van der Waals surface area (Å²) in [7, 11) is 3.52. The van der Waals surface area contributed by atoms with Crippen LogP contribution in [0.5, 0.6) is 0 Å². The molecule has 3 rings (SSSR count). The van der Waals surface area contributed by atoms with Crippen LogP contribution < -0.4 is 0 Å². The second-order valence-corrected chi connectivity index (χ2v) is 6.49. The van der Waals surface area contributed by atoms with Gasteiger partial charge in [-0.1, -0.05) is 17.7 Å². The molecular formula is C17H18ClFN2O2. The van der Waals surface area contributed by atoms with E-state index in [0.717, 1.165) is 0 Å². The van der Waals surface area contributed by atoms with Crippen LogP contribution in [0.4, 0.5) is 4.39 Å². The van der Waals surface area contributed by atoms with Gasteiger partial charge in [-0.15, -0.1) is 0 Å². The van der Waals surface area contributed by atoms with Gasteiger partial charge in [0.2, 0.25) is 5.91 Å². The number of ketones is 1. The zero-order valence-corrected chi connectivity index (χ0v) is 13.9. The van der Waals surface area contributed by atoms with E-state index >= 15 is 0 Å². The highest BCUT2D eigenvalue weighted by molar-refractivity contribution is 6.31. The summed E-state index contributed by atoms with van der Waals surface area (Å²) in [5.41, 5.74) is 1.48. The third-order valence-electron chi connectivity index (χ3n) is 4.40. The fourth-order valence-electron chi connectivity index (χ4n) is 3.53. The van der Waals surface area contributed by atoms with Crippen molar-refractivity contribution in [2.45, 2.75) is 31.6 Å². The molecule has 1 amide bonds. The molecule has 0 saturated carbocycles. The Hall–Kier alpha value is -1.72. The Kier molecular flexibility index (Phi) is 4.25. The van der Waals surface area contributed by atoms with Gasteiger partial charge < -0.3 is 0 Å². The van der Waals surface area contributed by atoms with Gasteiger partial charge in [0.1, 0.15) is 5.82 Å². The predicted molar refractivity (Wildman–Crippen MR) is 85.2 cm³/mol. The molecule has 0 spiro atoms. The van der Waals surface area contributed by atoms with Gasteiger partial charge in [0.15, 0.2) is 5.78 Å². The van der Waals surface area contributed by atoms with E-state index in [4.69, 9.17) is 11.6 Å². The maximum absolute atomic E-state index is 14.3. The molecule has 0 radical (unpaired) electrons. The van der Waals surface area contributed by atoms with Crippen molar-refractivity contribution in [3.8, 4) is 0 Å². The van der Waals surface area contributed by atoms with E-state index in [-0.39, 0.29) is 28.7 Å². The van der Waals surface area contributed by atoms with Crippen molar-refractivity contribution >= 4 is 23.3 Å². The number of amides is 1. The Morgan fingerprint density at radius 3 is 2.65 bits per heavy atom. The first kappa shape index (κ1) is 16.1. The Morgan fingerprint density at radius 2 is 2.00 bits per heavy atom. The number of Topliss-reactive ketones (excluding diaryl/α,β-unsaturated/α-hetero) is 1. The summed E-state index contributed by atoms with van der Waals surface area (Å²) in [6.45, 7) is 0. The SMILES string of the molecule is CN(C)N1C(=O)CC(c2c(F)cccc2Cl)C2=C1CCCC2=O. The molecule has 1 aromatic rings. The van der Waals surface area contributed by atoms with E-state index in [9.17, 15) is 14.0 Å². The molecule has 122 valence electrons. The van der Waals surface area contributed by atoms with E-state index < -0.39 is 11.7 Å². The molecule has 4 nitrogen and oxygen atoms in total. The lowest BCUT2D eigenvalue weighted by molar-refractivity contribution is -0.143. The van der Waals surface area contributed by atoms with Crippen molar-refractivity contribution in [3.05, 3.63) is 45.9 Å². The third kappa shape index (κ3) is 2.68.